The van der Waals surface area contributed by atoms with E-state index >= 15 is 0 Å². The van der Waals surface area contributed by atoms with Crippen molar-refractivity contribution in [2.45, 2.75) is 19.2 Å². The first-order valence-electron chi connectivity index (χ1n) is 4.18. The molecule has 0 aromatic rings. The molecular weight excluding hydrogens is 217 g/mol. The third-order valence-electron chi connectivity index (χ3n) is 1.21. The SMILES string of the molecule is COCC(=O)OC(C)COCC(F)(F)F. The minimum Gasteiger partial charge on any atom is -0.459 e. The van der Waals surface area contributed by atoms with Crippen LogP contribution in [0.2, 0.25) is 0 Å². The highest BCUT2D eigenvalue weighted by molar-refractivity contribution is 5.70. The summed E-state index contributed by atoms with van der Waals surface area (Å²) < 4.78 is 48.3. The van der Waals surface area contributed by atoms with Gasteiger partial charge in [-0.2, -0.15) is 13.2 Å². The van der Waals surface area contributed by atoms with Crippen molar-refractivity contribution in [3.05, 3.63) is 0 Å². The maximum Gasteiger partial charge on any atom is 0.411 e. The molecule has 0 rings (SSSR count). The minimum atomic E-state index is -4.36. The van der Waals surface area contributed by atoms with Gasteiger partial charge in [-0.1, -0.05) is 0 Å². The number of esters is 1. The fourth-order valence-electron chi connectivity index (χ4n) is 0.751. The summed E-state index contributed by atoms with van der Waals surface area (Å²) in [5, 5.41) is 0. The molecular formula is C8H13F3O4. The average Bonchev–Trinajstić information content (AvgIpc) is 2.01. The predicted octanol–water partition coefficient (Wildman–Crippen LogP) is 1.14. The molecule has 0 amide bonds. The zero-order chi connectivity index (χ0) is 11.9. The molecule has 0 N–H and O–H groups in total. The number of alkyl halides is 3. The number of carbonyl (C=O) groups is 1. The van der Waals surface area contributed by atoms with Crippen LogP contribution in [-0.4, -0.2) is 45.2 Å². The van der Waals surface area contributed by atoms with Crippen molar-refractivity contribution in [3.63, 3.8) is 0 Å². The molecule has 0 saturated heterocycles. The monoisotopic (exact) mass is 230 g/mol. The molecule has 90 valence electrons. The molecule has 0 aromatic carbocycles. The highest BCUT2D eigenvalue weighted by Gasteiger charge is 2.27. The lowest BCUT2D eigenvalue weighted by molar-refractivity contribution is -0.183. The normalized spacial score (nSPS) is 13.7. The first-order chi connectivity index (χ1) is 6.85. The second-order valence-electron chi connectivity index (χ2n) is 2.86. The number of hydrogen-bond acceptors (Lipinski definition) is 4. The van der Waals surface area contributed by atoms with Crippen LogP contribution >= 0.6 is 0 Å². The fourth-order valence-corrected chi connectivity index (χ4v) is 0.751. The van der Waals surface area contributed by atoms with E-state index in [1.165, 1.54) is 14.0 Å². The number of hydrogen-bond donors (Lipinski definition) is 0. The molecule has 0 aromatic heterocycles. The summed E-state index contributed by atoms with van der Waals surface area (Å²) in [6.07, 6.45) is -5.09. The summed E-state index contributed by atoms with van der Waals surface area (Å²) in [5.74, 6) is -0.638. The molecule has 7 heteroatoms. The number of ether oxygens (including phenoxy) is 3. The van der Waals surface area contributed by atoms with E-state index < -0.39 is 24.9 Å². The van der Waals surface area contributed by atoms with Gasteiger partial charge in [0.25, 0.3) is 0 Å². The highest BCUT2D eigenvalue weighted by Crippen LogP contribution is 2.14. The van der Waals surface area contributed by atoms with E-state index in [0.717, 1.165) is 0 Å². The number of methoxy groups -OCH3 is 1. The van der Waals surface area contributed by atoms with Crippen LogP contribution in [-0.2, 0) is 19.0 Å². The van der Waals surface area contributed by atoms with Crippen LogP contribution < -0.4 is 0 Å². The summed E-state index contributed by atoms with van der Waals surface area (Å²) in [7, 11) is 1.31. The van der Waals surface area contributed by atoms with E-state index in [1.807, 2.05) is 0 Å². The van der Waals surface area contributed by atoms with Crippen LogP contribution in [0.1, 0.15) is 6.92 Å². The summed E-state index contributed by atoms with van der Waals surface area (Å²) in [6, 6.07) is 0. The van der Waals surface area contributed by atoms with Crippen LogP contribution in [0.25, 0.3) is 0 Å². The average molecular weight is 230 g/mol. The van der Waals surface area contributed by atoms with E-state index in [9.17, 15) is 18.0 Å². The Labute approximate surface area is 85.3 Å². The Morgan fingerprint density at radius 2 is 2.00 bits per heavy atom. The lowest BCUT2D eigenvalue weighted by Crippen LogP contribution is -2.26. The zero-order valence-corrected chi connectivity index (χ0v) is 8.47. The summed E-state index contributed by atoms with van der Waals surface area (Å²) >= 11 is 0. The van der Waals surface area contributed by atoms with Gasteiger partial charge in [-0.25, -0.2) is 4.79 Å². The molecule has 0 aliphatic rings. The molecule has 0 radical (unpaired) electrons. The van der Waals surface area contributed by atoms with Crippen molar-refractivity contribution in [1.29, 1.82) is 0 Å². The number of halogens is 3. The second-order valence-corrected chi connectivity index (χ2v) is 2.86. The maximum atomic E-state index is 11.6. The van der Waals surface area contributed by atoms with Gasteiger partial charge in [0.1, 0.15) is 19.3 Å². The Kier molecular flexibility index (Phi) is 6.26. The van der Waals surface area contributed by atoms with E-state index in [1.54, 1.807) is 0 Å². The Balaban J connectivity index is 3.57. The molecule has 0 heterocycles. The lowest BCUT2D eigenvalue weighted by atomic mass is 10.4. The van der Waals surface area contributed by atoms with Crippen LogP contribution in [0.15, 0.2) is 0 Å². The van der Waals surface area contributed by atoms with Crippen LogP contribution in [0.5, 0.6) is 0 Å². The molecule has 15 heavy (non-hydrogen) atoms. The molecule has 0 aliphatic heterocycles. The topological polar surface area (TPSA) is 44.8 Å². The van der Waals surface area contributed by atoms with E-state index in [0.29, 0.717) is 0 Å². The van der Waals surface area contributed by atoms with Gasteiger partial charge in [-0.05, 0) is 6.92 Å². The largest absolute Gasteiger partial charge is 0.459 e. The van der Waals surface area contributed by atoms with Gasteiger partial charge in [0.15, 0.2) is 0 Å². The van der Waals surface area contributed by atoms with Gasteiger partial charge < -0.3 is 14.2 Å². The van der Waals surface area contributed by atoms with E-state index in [4.69, 9.17) is 0 Å². The predicted molar refractivity (Wildman–Crippen MR) is 44.3 cm³/mol. The molecule has 1 unspecified atom stereocenters. The molecule has 1 atom stereocenters. The summed E-state index contributed by atoms with van der Waals surface area (Å²) in [6.45, 7) is -0.443. The lowest BCUT2D eigenvalue weighted by Gasteiger charge is -2.14. The molecule has 0 spiro atoms. The van der Waals surface area contributed by atoms with Crippen LogP contribution in [0.4, 0.5) is 13.2 Å². The Bertz CT molecular complexity index is 193. The molecule has 0 fully saturated rings. The fraction of sp³-hybridized carbons (Fsp3) is 0.875. The third-order valence-corrected chi connectivity index (χ3v) is 1.21. The smallest absolute Gasteiger partial charge is 0.411 e. The molecule has 4 nitrogen and oxygen atoms in total. The highest BCUT2D eigenvalue weighted by atomic mass is 19.4. The Morgan fingerprint density at radius 1 is 1.40 bits per heavy atom. The van der Waals surface area contributed by atoms with Crippen molar-refractivity contribution < 1.29 is 32.2 Å². The summed E-state index contributed by atoms with van der Waals surface area (Å²) in [4.78, 5) is 10.8. The number of rotatable bonds is 6. The van der Waals surface area contributed by atoms with Crippen molar-refractivity contribution in [2.24, 2.45) is 0 Å². The van der Waals surface area contributed by atoms with Gasteiger partial charge in [-0.15, -0.1) is 0 Å². The van der Waals surface area contributed by atoms with Gasteiger partial charge in [0.05, 0.1) is 6.61 Å². The van der Waals surface area contributed by atoms with Gasteiger partial charge in [0, 0.05) is 7.11 Å². The first-order valence-corrected chi connectivity index (χ1v) is 4.18. The zero-order valence-electron chi connectivity index (χ0n) is 8.47. The third kappa shape index (κ3) is 9.48. The Morgan fingerprint density at radius 3 is 2.47 bits per heavy atom. The van der Waals surface area contributed by atoms with E-state index in [-0.39, 0.29) is 13.2 Å². The Hall–Kier alpha value is -0.820. The molecule has 0 aliphatic carbocycles. The van der Waals surface area contributed by atoms with Crippen molar-refractivity contribution in [2.75, 3.05) is 26.9 Å². The van der Waals surface area contributed by atoms with Crippen molar-refractivity contribution >= 4 is 5.97 Å². The molecule has 0 saturated carbocycles. The second kappa shape index (κ2) is 6.62. The van der Waals surface area contributed by atoms with Crippen LogP contribution in [0, 0.1) is 0 Å². The maximum absolute atomic E-state index is 11.6. The van der Waals surface area contributed by atoms with Crippen LogP contribution in [0.3, 0.4) is 0 Å². The minimum absolute atomic E-state index is 0.233. The van der Waals surface area contributed by atoms with E-state index in [2.05, 4.69) is 14.2 Å². The molecule has 0 bridgehead atoms. The van der Waals surface area contributed by atoms with Gasteiger partial charge >= 0.3 is 12.1 Å². The van der Waals surface area contributed by atoms with Gasteiger partial charge in [-0.3, -0.25) is 0 Å². The number of carbonyl (C=O) groups excluding carboxylic acids is 1. The standard InChI is InChI=1S/C8H13F3O4/c1-6(15-7(12)4-13-2)3-14-5-8(9,10)11/h6H,3-5H2,1-2H3. The van der Waals surface area contributed by atoms with Gasteiger partial charge in [0.2, 0.25) is 0 Å². The van der Waals surface area contributed by atoms with Crippen molar-refractivity contribution in [1.82, 2.24) is 0 Å². The quantitative estimate of drug-likeness (QED) is 0.642. The van der Waals surface area contributed by atoms with Crippen molar-refractivity contribution in [3.8, 4) is 0 Å². The first kappa shape index (κ1) is 14.2. The summed E-state index contributed by atoms with van der Waals surface area (Å²) in [5.41, 5.74) is 0.